The first-order valence-corrected chi connectivity index (χ1v) is 9.32. The number of hydrogen-bond donors (Lipinski definition) is 2. The molecule has 0 bridgehead atoms. The third-order valence-electron chi connectivity index (χ3n) is 4.81. The van der Waals surface area contributed by atoms with Crippen molar-refractivity contribution in [3.8, 4) is 17.2 Å². The number of ether oxygens (including phenoxy) is 3. The molecule has 2 N–H and O–H groups in total. The highest BCUT2D eigenvalue weighted by molar-refractivity contribution is 5.83. The fraction of sp³-hybridized carbons (Fsp3) is 0.318. The van der Waals surface area contributed by atoms with Crippen molar-refractivity contribution >= 4 is 16.9 Å². The van der Waals surface area contributed by atoms with Gasteiger partial charge in [-0.3, -0.25) is 4.99 Å². The lowest BCUT2D eigenvalue weighted by Gasteiger charge is -2.17. The van der Waals surface area contributed by atoms with E-state index in [1.54, 1.807) is 28.4 Å². The number of aliphatic imine (C=N–C) groups is 1. The van der Waals surface area contributed by atoms with E-state index in [9.17, 15) is 0 Å². The predicted octanol–water partition coefficient (Wildman–Crippen LogP) is 3.63. The number of nitrogens with one attached hydrogen (secondary N) is 2. The van der Waals surface area contributed by atoms with E-state index in [-0.39, 0.29) is 0 Å². The van der Waals surface area contributed by atoms with Crippen LogP contribution in [0.15, 0.2) is 45.8 Å². The van der Waals surface area contributed by atoms with E-state index < -0.39 is 0 Å². The third kappa shape index (κ3) is 4.23. The monoisotopic (exact) mass is 397 g/mol. The lowest BCUT2D eigenvalue weighted by Crippen LogP contribution is -2.36. The van der Waals surface area contributed by atoms with E-state index in [1.165, 1.54) is 0 Å². The van der Waals surface area contributed by atoms with Gasteiger partial charge in [-0.15, -0.1) is 0 Å². The quantitative estimate of drug-likeness (QED) is 0.468. The molecular weight excluding hydrogens is 370 g/mol. The average Bonchev–Trinajstić information content (AvgIpc) is 3.08. The maximum absolute atomic E-state index is 5.95. The second kappa shape index (κ2) is 9.23. The lowest BCUT2D eigenvalue weighted by atomic mass is 10.1. The molecule has 3 aromatic rings. The summed E-state index contributed by atoms with van der Waals surface area (Å²) >= 11 is 0. The summed E-state index contributed by atoms with van der Waals surface area (Å²) in [6.07, 6.45) is 0. The largest absolute Gasteiger partial charge is 0.493 e. The van der Waals surface area contributed by atoms with Crippen LogP contribution in [0.5, 0.6) is 17.2 Å². The Bertz CT molecular complexity index is 1010. The van der Waals surface area contributed by atoms with Gasteiger partial charge in [-0.1, -0.05) is 18.2 Å². The van der Waals surface area contributed by atoms with Gasteiger partial charge in [0.1, 0.15) is 11.3 Å². The molecule has 2 aromatic carbocycles. The molecule has 7 heteroatoms. The molecule has 0 spiro atoms. The standard InChI is InChI=1S/C22H27N3O4/c1-14-16-8-6-7-9-17(16)29-19(14)13-25-22(23-2)24-12-15-10-11-18(26-3)21(28-5)20(15)27-4/h6-11H,12-13H2,1-5H3,(H2,23,24,25). The smallest absolute Gasteiger partial charge is 0.203 e. The molecule has 0 radical (unpaired) electrons. The van der Waals surface area contributed by atoms with Crippen molar-refractivity contribution in [2.24, 2.45) is 4.99 Å². The Balaban J connectivity index is 1.69. The number of benzene rings is 2. The normalized spacial score (nSPS) is 11.4. The van der Waals surface area contributed by atoms with Crippen molar-refractivity contribution in [2.45, 2.75) is 20.0 Å². The number of para-hydroxylation sites is 1. The zero-order valence-electron chi connectivity index (χ0n) is 17.5. The van der Waals surface area contributed by atoms with Crippen LogP contribution in [0.2, 0.25) is 0 Å². The van der Waals surface area contributed by atoms with Crippen LogP contribution in [-0.4, -0.2) is 34.3 Å². The highest BCUT2D eigenvalue weighted by Gasteiger charge is 2.16. The van der Waals surface area contributed by atoms with E-state index >= 15 is 0 Å². The number of hydrogen-bond acceptors (Lipinski definition) is 5. The molecule has 0 aliphatic rings. The van der Waals surface area contributed by atoms with Crippen molar-refractivity contribution < 1.29 is 18.6 Å². The van der Waals surface area contributed by atoms with Crippen LogP contribution in [0, 0.1) is 6.92 Å². The second-order valence-corrected chi connectivity index (χ2v) is 6.42. The minimum atomic E-state index is 0.502. The van der Waals surface area contributed by atoms with Crippen LogP contribution >= 0.6 is 0 Å². The summed E-state index contributed by atoms with van der Waals surface area (Å²) < 4.78 is 22.3. The molecule has 154 valence electrons. The number of aryl methyl sites for hydroxylation is 1. The summed E-state index contributed by atoms with van der Waals surface area (Å²) in [4.78, 5) is 4.29. The minimum absolute atomic E-state index is 0.502. The minimum Gasteiger partial charge on any atom is -0.493 e. The van der Waals surface area contributed by atoms with Crippen molar-refractivity contribution in [1.82, 2.24) is 10.6 Å². The van der Waals surface area contributed by atoms with Gasteiger partial charge in [0.2, 0.25) is 5.75 Å². The number of nitrogens with zero attached hydrogens (tertiary/aromatic N) is 1. The van der Waals surface area contributed by atoms with Crippen molar-refractivity contribution in [3.63, 3.8) is 0 Å². The molecule has 7 nitrogen and oxygen atoms in total. The van der Waals surface area contributed by atoms with Gasteiger partial charge in [0.25, 0.3) is 0 Å². The van der Waals surface area contributed by atoms with Crippen LogP contribution < -0.4 is 24.8 Å². The molecule has 0 atom stereocenters. The van der Waals surface area contributed by atoms with Gasteiger partial charge >= 0.3 is 0 Å². The Hall–Kier alpha value is -3.35. The molecule has 0 aliphatic heterocycles. The molecule has 0 saturated heterocycles. The number of fused-ring (bicyclic) bond motifs is 1. The number of rotatable bonds is 7. The zero-order chi connectivity index (χ0) is 20.8. The first-order valence-electron chi connectivity index (χ1n) is 9.32. The molecule has 0 amide bonds. The summed E-state index contributed by atoms with van der Waals surface area (Å²) in [5.74, 6) is 3.36. The molecular formula is C22H27N3O4. The summed E-state index contributed by atoms with van der Waals surface area (Å²) in [7, 11) is 6.53. The molecule has 1 aromatic heterocycles. The molecule has 1 heterocycles. The van der Waals surface area contributed by atoms with E-state index in [0.29, 0.717) is 36.3 Å². The summed E-state index contributed by atoms with van der Waals surface area (Å²) in [6.45, 7) is 3.10. The molecule has 29 heavy (non-hydrogen) atoms. The first kappa shape index (κ1) is 20.4. The maximum atomic E-state index is 5.95. The predicted molar refractivity (Wildman–Crippen MR) is 114 cm³/mol. The number of methoxy groups -OCH3 is 3. The summed E-state index contributed by atoms with van der Waals surface area (Å²) in [5, 5.41) is 7.72. The Morgan fingerprint density at radius 1 is 0.931 bits per heavy atom. The summed E-state index contributed by atoms with van der Waals surface area (Å²) in [5.41, 5.74) is 2.94. The maximum Gasteiger partial charge on any atom is 0.203 e. The fourth-order valence-corrected chi connectivity index (χ4v) is 3.26. The van der Waals surface area contributed by atoms with Gasteiger partial charge in [-0.05, 0) is 25.1 Å². The van der Waals surface area contributed by atoms with E-state index in [1.807, 2.05) is 30.3 Å². The van der Waals surface area contributed by atoms with Crippen molar-refractivity contribution in [3.05, 3.63) is 53.3 Å². The Morgan fingerprint density at radius 2 is 1.66 bits per heavy atom. The Morgan fingerprint density at radius 3 is 2.31 bits per heavy atom. The molecule has 0 fully saturated rings. The number of guanidine groups is 1. The molecule has 0 unspecified atom stereocenters. The molecule has 3 rings (SSSR count). The van der Waals surface area contributed by atoms with Gasteiger partial charge < -0.3 is 29.3 Å². The first-order chi connectivity index (χ1) is 14.1. The van der Waals surface area contributed by atoms with Gasteiger partial charge in [0.05, 0.1) is 27.9 Å². The Kier molecular flexibility index (Phi) is 6.49. The van der Waals surface area contributed by atoms with Crippen LogP contribution in [0.4, 0.5) is 0 Å². The van der Waals surface area contributed by atoms with Crippen molar-refractivity contribution in [2.75, 3.05) is 28.4 Å². The van der Waals surface area contributed by atoms with Gasteiger partial charge in [0, 0.05) is 30.1 Å². The zero-order valence-corrected chi connectivity index (χ0v) is 17.5. The lowest BCUT2D eigenvalue weighted by molar-refractivity contribution is 0.322. The SMILES string of the molecule is CN=C(NCc1ccc(OC)c(OC)c1OC)NCc1oc2ccccc2c1C. The van der Waals surface area contributed by atoms with Gasteiger partial charge in [-0.25, -0.2) is 0 Å². The van der Waals surface area contributed by atoms with E-state index in [4.69, 9.17) is 18.6 Å². The second-order valence-electron chi connectivity index (χ2n) is 6.42. The average molecular weight is 397 g/mol. The Labute approximate surface area is 170 Å². The molecule has 0 saturated carbocycles. The van der Waals surface area contributed by atoms with Crippen LogP contribution in [0.25, 0.3) is 11.0 Å². The third-order valence-corrected chi connectivity index (χ3v) is 4.81. The van der Waals surface area contributed by atoms with Crippen LogP contribution in [0.1, 0.15) is 16.9 Å². The van der Waals surface area contributed by atoms with E-state index in [2.05, 4.69) is 28.6 Å². The van der Waals surface area contributed by atoms with E-state index in [0.717, 1.165) is 27.9 Å². The van der Waals surface area contributed by atoms with Crippen molar-refractivity contribution in [1.29, 1.82) is 0 Å². The highest BCUT2D eigenvalue weighted by Crippen LogP contribution is 2.39. The molecule has 0 aliphatic carbocycles. The van der Waals surface area contributed by atoms with Crippen LogP contribution in [-0.2, 0) is 13.1 Å². The highest BCUT2D eigenvalue weighted by atomic mass is 16.5. The number of furan rings is 1. The topological polar surface area (TPSA) is 77.3 Å². The summed E-state index contributed by atoms with van der Waals surface area (Å²) in [6, 6.07) is 11.8. The van der Waals surface area contributed by atoms with Gasteiger partial charge in [0.15, 0.2) is 17.5 Å². The van der Waals surface area contributed by atoms with Crippen LogP contribution in [0.3, 0.4) is 0 Å². The fourth-order valence-electron chi connectivity index (χ4n) is 3.26. The van der Waals surface area contributed by atoms with Gasteiger partial charge in [-0.2, -0.15) is 0 Å².